The van der Waals surface area contributed by atoms with Gasteiger partial charge in [0.05, 0.1) is 12.1 Å². The fourth-order valence-corrected chi connectivity index (χ4v) is 3.19. The van der Waals surface area contributed by atoms with Crippen LogP contribution in [0.1, 0.15) is 34.8 Å². The minimum atomic E-state index is -0.0590. The molecule has 0 unspecified atom stereocenters. The molecule has 122 valence electrons. The Balaban J connectivity index is 1.77. The minimum absolute atomic E-state index is 0.0590. The molecule has 4 heteroatoms. The topological polar surface area (TPSA) is 38.3 Å². The Kier molecular flexibility index (Phi) is 6.89. The van der Waals surface area contributed by atoms with Crippen molar-refractivity contribution in [3.63, 3.8) is 0 Å². The molecule has 1 N–H and O–H groups in total. The van der Waals surface area contributed by atoms with E-state index in [1.165, 1.54) is 5.56 Å². The second-order valence-electron chi connectivity index (χ2n) is 5.48. The Morgan fingerprint density at radius 2 is 1.91 bits per heavy atom. The third kappa shape index (κ3) is 5.53. The molecule has 0 radical (unpaired) electrons. The zero-order valence-electron chi connectivity index (χ0n) is 13.6. The molecular weight excluding hydrogens is 401 g/mol. The first-order valence-electron chi connectivity index (χ1n) is 7.86. The molecule has 0 fully saturated rings. The van der Waals surface area contributed by atoms with E-state index >= 15 is 0 Å². The summed E-state index contributed by atoms with van der Waals surface area (Å²) in [5.41, 5.74) is 3.18. The predicted octanol–water partition coefficient (Wildman–Crippen LogP) is 4.36. The first-order chi connectivity index (χ1) is 11.1. The maximum absolute atomic E-state index is 12.1. The van der Waals surface area contributed by atoms with Crippen molar-refractivity contribution in [3.8, 4) is 5.75 Å². The van der Waals surface area contributed by atoms with Crippen LogP contribution in [0.25, 0.3) is 0 Å². The number of amides is 1. The third-order valence-corrected chi connectivity index (χ3v) is 4.38. The van der Waals surface area contributed by atoms with Crippen LogP contribution in [0.4, 0.5) is 0 Å². The van der Waals surface area contributed by atoms with Crippen molar-refractivity contribution >= 4 is 28.5 Å². The molecule has 0 heterocycles. The van der Waals surface area contributed by atoms with Crippen molar-refractivity contribution in [1.82, 2.24) is 5.32 Å². The van der Waals surface area contributed by atoms with Crippen molar-refractivity contribution < 1.29 is 9.53 Å². The van der Waals surface area contributed by atoms with E-state index in [0.717, 1.165) is 27.7 Å². The molecule has 0 saturated heterocycles. The number of nitrogens with one attached hydrogen (secondary N) is 1. The maximum atomic E-state index is 12.1. The lowest BCUT2D eigenvalue weighted by atomic mass is 10.1. The normalized spacial score (nSPS) is 10.4. The van der Waals surface area contributed by atoms with E-state index in [2.05, 4.69) is 47.0 Å². The summed E-state index contributed by atoms with van der Waals surface area (Å²) in [7, 11) is 0. The molecule has 0 aliphatic carbocycles. The number of hydrogen-bond donors (Lipinski definition) is 1. The van der Waals surface area contributed by atoms with E-state index < -0.39 is 0 Å². The first kappa shape index (κ1) is 17.8. The summed E-state index contributed by atoms with van der Waals surface area (Å²) in [6, 6.07) is 14.0. The number of rotatable bonds is 7. The van der Waals surface area contributed by atoms with Crippen LogP contribution in [0.2, 0.25) is 0 Å². The zero-order chi connectivity index (χ0) is 16.7. The number of benzene rings is 2. The Labute approximate surface area is 151 Å². The zero-order valence-corrected chi connectivity index (χ0v) is 15.7. The molecular formula is C19H22INO2. The Bertz CT molecular complexity index is 653. The number of carbonyl (C=O) groups excluding carboxylic acids is 1. The molecule has 0 aliphatic heterocycles. The van der Waals surface area contributed by atoms with Gasteiger partial charge < -0.3 is 10.1 Å². The smallest absolute Gasteiger partial charge is 0.252 e. The number of ether oxygens (including phenoxy) is 1. The van der Waals surface area contributed by atoms with E-state index in [1.807, 2.05) is 37.3 Å². The monoisotopic (exact) mass is 423 g/mol. The predicted molar refractivity (Wildman–Crippen MR) is 102 cm³/mol. The molecule has 0 aromatic heterocycles. The Hall–Kier alpha value is -1.56. The van der Waals surface area contributed by atoms with Crippen LogP contribution in [-0.2, 0) is 6.42 Å². The van der Waals surface area contributed by atoms with E-state index in [9.17, 15) is 4.79 Å². The van der Waals surface area contributed by atoms with Gasteiger partial charge in [-0.3, -0.25) is 4.79 Å². The summed E-state index contributed by atoms with van der Waals surface area (Å²) in [4.78, 5) is 12.1. The summed E-state index contributed by atoms with van der Waals surface area (Å²) in [5.74, 6) is 0.778. The number of aryl methyl sites for hydroxylation is 2. The van der Waals surface area contributed by atoms with Gasteiger partial charge in [-0.05, 0) is 65.8 Å². The fraction of sp³-hybridized carbons (Fsp3) is 0.316. The highest BCUT2D eigenvalue weighted by Crippen LogP contribution is 2.15. The molecule has 0 saturated carbocycles. The molecule has 1 amide bonds. The molecule has 0 bridgehead atoms. The summed E-state index contributed by atoms with van der Waals surface area (Å²) in [5, 5.41) is 2.89. The van der Waals surface area contributed by atoms with Gasteiger partial charge in [0, 0.05) is 3.57 Å². The summed E-state index contributed by atoms with van der Waals surface area (Å²) in [6.07, 6.45) is 2.23. The highest BCUT2D eigenvalue weighted by atomic mass is 127. The number of halogens is 1. The van der Waals surface area contributed by atoms with Crippen LogP contribution in [0.15, 0.2) is 42.5 Å². The summed E-state index contributed by atoms with van der Waals surface area (Å²) in [6.45, 7) is 5.13. The molecule has 2 rings (SSSR count). The van der Waals surface area contributed by atoms with Gasteiger partial charge >= 0.3 is 0 Å². The van der Waals surface area contributed by atoms with Gasteiger partial charge in [-0.1, -0.05) is 37.1 Å². The van der Waals surface area contributed by atoms with Gasteiger partial charge in [-0.15, -0.1) is 0 Å². The SMILES string of the molecule is CCCc1ccc(OCCNC(=O)c2ccc(C)cc2I)cc1. The van der Waals surface area contributed by atoms with Crippen molar-refractivity contribution in [2.75, 3.05) is 13.2 Å². The van der Waals surface area contributed by atoms with Crippen LogP contribution in [0.3, 0.4) is 0 Å². The van der Waals surface area contributed by atoms with Gasteiger partial charge in [-0.25, -0.2) is 0 Å². The largest absolute Gasteiger partial charge is 0.492 e. The molecule has 2 aromatic carbocycles. The van der Waals surface area contributed by atoms with Crippen LogP contribution in [0.5, 0.6) is 5.75 Å². The highest BCUT2D eigenvalue weighted by Gasteiger charge is 2.09. The summed E-state index contributed by atoms with van der Waals surface area (Å²) < 4.78 is 6.62. The lowest BCUT2D eigenvalue weighted by molar-refractivity contribution is 0.0946. The molecule has 0 aliphatic rings. The van der Waals surface area contributed by atoms with E-state index in [4.69, 9.17) is 4.74 Å². The van der Waals surface area contributed by atoms with Crippen LogP contribution in [0, 0.1) is 10.5 Å². The third-order valence-electron chi connectivity index (χ3n) is 3.49. The number of hydrogen-bond acceptors (Lipinski definition) is 2. The standard InChI is InChI=1S/C19H22INO2/c1-3-4-15-6-8-16(9-7-15)23-12-11-21-19(22)17-10-5-14(2)13-18(17)20/h5-10,13H,3-4,11-12H2,1-2H3,(H,21,22). The second kappa shape index (κ2) is 8.91. The average Bonchev–Trinajstić information content (AvgIpc) is 2.53. The van der Waals surface area contributed by atoms with Crippen molar-refractivity contribution in [1.29, 1.82) is 0 Å². The first-order valence-corrected chi connectivity index (χ1v) is 8.94. The lowest BCUT2D eigenvalue weighted by Crippen LogP contribution is -2.28. The Morgan fingerprint density at radius 1 is 1.17 bits per heavy atom. The van der Waals surface area contributed by atoms with Crippen molar-refractivity contribution in [2.24, 2.45) is 0 Å². The maximum Gasteiger partial charge on any atom is 0.252 e. The molecule has 0 spiro atoms. The van der Waals surface area contributed by atoms with Crippen LogP contribution in [-0.4, -0.2) is 19.1 Å². The second-order valence-corrected chi connectivity index (χ2v) is 6.64. The molecule has 0 atom stereocenters. The van der Waals surface area contributed by atoms with Gasteiger partial charge in [0.25, 0.3) is 5.91 Å². The van der Waals surface area contributed by atoms with Crippen LogP contribution < -0.4 is 10.1 Å². The van der Waals surface area contributed by atoms with Crippen molar-refractivity contribution in [3.05, 3.63) is 62.7 Å². The average molecular weight is 423 g/mol. The Morgan fingerprint density at radius 3 is 2.57 bits per heavy atom. The minimum Gasteiger partial charge on any atom is -0.492 e. The lowest BCUT2D eigenvalue weighted by Gasteiger charge is -2.09. The van der Waals surface area contributed by atoms with E-state index in [1.54, 1.807) is 0 Å². The quantitative estimate of drug-likeness (QED) is 0.531. The molecule has 3 nitrogen and oxygen atoms in total. The van der Waals surface area contributed by atoms with Crippen LogP contribution >= 0.6 is 22.6 Å². The summed E-state index contributed by atoms with van der Waals surface area (Å²) >= 11 is 2.19. The van der Waals surface area contributed by atoms with Gasteiger partial charge in [0.15, 0.2) is 0 Å². The van der Waals surface area contributed by atoms with Crippen molar-refractivity contribution in [2.45, 2.75) is 26.7 Å². The molecule has 23 heavy (non-hydrogen) atoms. The molecule has 2 aromatic rings. The van der Waals surface area contributed by atoms with E-state index in [-0.39, 0.29) is 5.91 Å². The van der Waals surface area contributed by atoms with Gasteiger partial charge in [0.2, 0.25) is 0 Å². The van der Waals surface area contributed by atoms with Gasteiger partial charge in [0.1, 0.15) is 12.4 Å². The van der Waals surface area contributed by atoms with E-state index in [0.29, 0.717) is 18.7 Å². The van der Waals surface area contributed by atoms with Gasteiger partial charge in [-0.2, -0.15) is 0 Å². The number of carbonyl (C=O) groups is 1. The highest BCUT2D eigenvalue weighted by molar-refractivity contribution is 14.1. The fourth-order valence-electron chi connectivity index (χ4n) is 2.27.